The topological polar surface area (TPSA) is 26.3 Å². The first-order chi connectivity index (χ1) is 33.5. The molecule has 368 valence electrons. The Morgan fingerprint density at radius 1 is 0.397 bits per heavy atom. The van der Waals surface area contributed by atoms with Crippen LogP contribution in [-0.2, 0) is 8.98 Å². The van der Waals surface area contributed by atoms with Gasteiger partial charge in [0.2, 0.25) is 0 Å². The molecule has 0 heterocycles. The molecule has 3 aromatic carbocycles. The lowest BCUT2D eigenvalue weighted by Crippen LogP contribution is -2.50. The van der Waals surface area contributed by atoms with Crippen molar-refractivity contribution in [1.29, 1.82) is 0 Å². The highest BCUT2D eigenvalue weighted by Crippen LogP contribution is 2.77. The van der Waals surface area contributed by atoms with E-state index in [9.17, 15) is 0 Å². The van der Waals surface area contributed by atoms with E-state index in [0.29, 0.717) is 53.3 Å². The van der Waals surface area contributed by atoms with Crippen LogP contribution in [0.1, 0.15) is 300 Å². The summed E-state index contributed by atoms with van der Waals surface area (Å²) >= 11 is 0. The van der Waals surface area contributed by atoms with Crippen LogP contribution in [0.15, 0.2) is 69.3 Å². The minimum Gasteiger partial charge on any atom is -0.401 e. The van der Waals surface area contributed by atoms with Crippen molar-refractivity contribution < 1.29 is 8.98 Å². The van der Waals surface area contributed by atoms with Crippen LogP contribution in [-0.4, -0.2) is 5.97 Å². The van der Waals surface area contributed by atoms with Crippen LogP contribution in [0.5, 0.6) is 0 Å². The quantitative estimate of drug-likeness (QED) is 0.191. The second kappa shape index (κ2) is 20.5. The maximum absolute atomic E-state index is 16.8. The SMILES string of the molecule is O=C(OS(c1ccccc1)(c1c(C2CCCCC2)cc(C2CCCCC2)cc1C1CCCCC1)c1c(C2CCCCC2)cc(C2CCCCC2)cc1C1CCCCC1)C12CC3CC(CC(C3)C1)C2. The molecule has 10 aliphatic rings. The summed E-state index contributed by atoms with van der Waals surface area (Å²) in [5.41, 5.74) is 9.62. The van der Waals surface area contributed by atoms with Crippen LogP contribution in [0.4, 0.5) is 0 Å². The first-order valence-electron chi connectivity index (χ1n) is 30.0. The van der Waals surface area contributed by atoms with Gasteiger partial charge >= 0.3 is 5.97 Å². The highest BCUT2D eigenvalue weighted by atomic mass is 32.3. The van der Waals surface area contributed by atoms with Gasteiger partial charge in [-0.3, -0.25) is 4.79 Å². The Bertz CT molecular complexity index is 1960. The van der Waals surface area contributed by atoms with Gasteiger partial charge in [0.05, 0.1) is 5.41 Å². The van der Waals surface area contributed by atoms with E-state index in [0.717, 1.165) is 19.3 Å². The van der Waals surface area contributed by atoms with E-state index in [2.05, 4.69) is 54.6 Å². The van der Waals surface area contributed by atoms with Gasteiger partial charge < -0.3 is 4.18 Å². The van der Waals surface area contributed by atoms with E-state index < -0.39 is 10.3 Å². The Labute approximate surface area is 415 Å². The van der Waals surface area contributed by atoms with Gasteiger partial charge in [-0.1, -0.05) is 158 Å². The molecule has 0 amide bonds. The van der Waals surface area contributed by atoms with Gasteiger partial charge in [-0.2, -0.15) is 0 Å². The van der Waals surface area contributed by atoms with Crippen LogP contribution in [0.3, 0.4) is 0 Å². The van der Waals surface area contributed by atoms with Gasteiger partial charge in [-0.25, -0.2) is 0 Å². The normalized spacial score (nSPS) is 29.9. The molecule has 10 aliphatic carbocycles. The molecule has 0 aliphatic heterocycles. The largest absolute Gasteiger partial charge is 0.401 e. The first kappa shape index (κ1) is 46.5. The van der Waals surface area contributed by atoms with Gasteiger partial charge in [0.15, 0.2) is 0 Å². The molecule has 0 saturated heterocycles. The Balaban J connectivity index is 1.20. The lowest BCUT2D eigenvalue weighted by atomic mass is 9.49. The molecule has 0 atom stereocenters. The van der Waals surface area contributed by atoms with Crippen LogP contribution in [0, 0.1) is 23.2 Å². The molecule has 0 radical (unpaired) electrons. The van der Waals surface area contributed by atoms with Gasteiger partial charge in [0, 0.05) is 14.7 Å². The minimum atomic E-state index is -2.59. The monoisotopic (exact) mass is 935 g/mol. The predicted molar refractivity (Wildman–Crippen MR) is 283 cm³/mol. The molecule has 13 rings (SSSR count). The fourth-order valence-electron chi connectivity index (χ4n) is 17.9. The van der Waals surface area contributed by atoms with Crippen LogP contribution in [0.25, 0.3) is 0 Å². The molecule has 0 spiro atoms. The zero-order valence-corrected chi connectivity index (χ0v) is 43.4. The van der Waals surface area contributed by atoms with E-state index in [1.165, 1.54) is 217 Å². The lowest BCUT2D eigenvalue weighted by molar-refractivity contribution is -0.160. The van der Waals surface area contributed by atoms with Crippen molar-refractivity contribution in [3.05, 3.63) is 88.0 Å². The van der Waals surface area contributed by atoms with E-state index in [1.54, 1.807) is 43.2 Å². The van der Waals surface area contributed by atoms with E-state index in [1.807, 2.05) is 0 Å². The molecule has 10 fully saturated rings. The van der Waals surface area contributed by atoms with Gasteiger partial charge in [0.1, 0.15) is 0 Å². The second-order valence-corrected chi connectivity index (χ2v) is 28.1. The fourth-order valence-corrected chi connectivity index (χ4v) is 22.0. The number of carbonyl (C=O) groups is 1. The van der Waals surface area contributed by atoms with Gasteiger partial charge in [0.25, 0.3) is 0 Å². The Kier molecular flexibility index (Phi) is 14.1. The third-order valence-corrected chi connectivity index (χ3v) is 24.4. The van der Waals surface area contributed by atoms with Crippen molar-refractivity contribution >= 4 is 16.3 Å². The number of benzene rings is 3. The standard InChI is InChI=1S/C65H90O2S/c66-64(65-43-46-36-47(44-65)38-48(37-46)45-65)67-68(57-34-20-7-21-35-57,62-58(51-26-12-3-13-27-51)39-55(49-22-8-1-9-23-49)40-59(62)52-28-14-4-15-29-52)63-60(53-30-16-5-17-31-53)41-56(50-24-10-2-11-25-50)42-61(63)54-32-18-6-19-33-54/h7,20-21,34-35,39-42,46-54H,1-6,8-19,22-33,36-38,43-45H2. The summed E-state index contributed by atoms with van der Waals surface area (Å²) < 4.78 is 8.62. The molecule has 3 aromatic rings. The number of hydrogen-bond donors (Lipinski definition) is 0. The average molecular weight is 935 g/mol. The molecule has 0 N–H and O–H groups in total. The summed E-state index contributed by atoms with van der Waals surface area (Å²) in [6.07, 6.45) is 47.2. The summed E-state index contributed by atoms with van der Waals surface area (Å²) in [4.78, 5) is 21.3. The van der Waals surface area contributed by atoms with Crippen LogP contribution in [0.2, 0.25) is 0 Å². The zero-order valence-electron chi connectivity index (χ0n) is 42.6. The van der Waals surface area contributed by atoms with E-state index in [-0.39, 0.29) is 11.4 Å². The molecule has 68 heavy (non-hydrogen) atoms. The van der Waals surface area contributed by atoms with Crippen molar-refractivity contribution in [1.82, 2.24) is 0 Å². The first-order valence-corrected chi connectivity index (χ1v) is 31.6. The summed E-state index contributed by atoms with van der Waals surface area (Å²) in [7, 11) is -2.59. The summed E-state index contributed by atoms with van der Waals surface area (Å²) in [6, 6.07) is 23.4. The van der Waals surface area contributed by atoms with Gasteiger partial charge in [-0.15, -0.1) is 0 Å². The molecular weight excluding hydrogens is 845 g/mol. The fraction of sp³-hybridized carbons (Fsp3) is 0.708. The van der Waals surface area contributed by atoms with Crippen molar-refractivity contribution in [3.8, 4) is 0 Å². The van der Waals surface area contributed by atoms with Crippen LogP contribution >= 0.6 is 10.3 Å². The van der Waals surface area contributed by atoms with E-state index >= 15 is 4.79 Å². The number of carbonyl (C=O) groups excluding carboxylic acids is 1. The molecule has 10 saturated carbocycles. The highest BCUT2D eigenvalue weighted by Gasteiger charge is 2.58. The smallest absolute Gasteiger partial charge is 0.323 e. The Morgan fingerprint density at radius 2 is 0.691 bits per heavy atom. The number of rotatable bonds is 11. The minimum absolute atomic E-state index is 0.233. The van der Waals surface area contributed by atoms with Gasteiger partial charge in [-0.05, 0) is 225 Å². The molecule has 0 unspecified atom stereocenters. The van der Waals surface area contributed by atoms with Crippen molar-refractivity contribution in [2.45, 2.75) is 281 Å². The Morgan fingerprint density at radius 3 is 1.00 bits per heavy atom. The van der Waals surface area contributed by atoms with E-state index in [4.69, 9.17) is 4.18 Å². The Hall–Kier alpha value is -2.52. The van der Waals surface area contributed by atoms with Crippen molar-refractivity contribution in [3.63, 3.8) is 0 Å². The van der Waals surface area contributed by atoms with Crippen LogP contribution < -0.4 is 0 Å². The zero-order chi connectivity index (χ0) is 45.5. The molecule has 0 aromatic heterocycles. The molecule has 3 heteroatoms. The van der Waals surface area contributed by atoms with Crippen molar-refractivity contribution in [2.75, 3.05) is 0 Å². The molecular formula is C65H90O2S. The second-order valence-electron chi connectivity index (χ2n) is 25.5. The maximum atomic E-state index is 16.8. The van der Waals surface area contributed by atoms with Crippen molar-refractivity contribution in [2.24, 2.45) is 23.2 Å². The summed E-state index contributed by atoms with van der Waals surface area (Å²) in [6.45, 7) is 0. The summed E-state index contributed by atoms with van der Waals surface area (Å²) in [5, 5.41) is 0. The average Bonchev–Trinajstić information content (AvgIpc) is 3.41. The number of hydrogen-bond acceptors (Lipinski definition) is 2. The molecule has 4 bridgehead atoms. The predicted octanol–water partition coefficient (Wildman–Crippen LogP) is 19.9. The highest BCUT2D eigenvalue weighted by molar-refractivity contribution is 8.30. The summed E-state index contributed by atoms with van der Waals surface area (Å²) in [5.74, 6) is 5.74. The third-order valence-electron chi connectivity index (χ3n) is 21.0. The maximum Gasteiger partial charge on any atom is 0.323 e. The third kappa shape index (κ3) is 9.05. The lowest BCUT2D eigenvalue weighted by Gasteiger charge is -2.56. The molecule has 2 nitrogen and oxygen atoms in total.